The summed E-state index contributed by atoms with van der Waals surface area (Å²) in [5, 5.41) is 8.65. The molecule has 126 valence electrons. The molecule has 0 heterocycles. The first-order chi connectivity index (χ1) is 10.7. The van der Waals surface area contributed by atoms with Crippen LogP contribution in [-0.4, -0.2) is 23.9 Å². The highest BCUT2D eigenvalue weighted by Gasteiger charge is 2.31. The third kappa shape index (κ3) is 6.01. The van der Waals surface area contributed by atoms with E-state index in [0.717, 1.165) is 23.7 Å². The van der Waals surface area contributed by atoms with Crippen LogP contribution in [0.1, 0.15) is 11.1 Å². The molecule has 0 amide bonds. The number of carboxylic acids is 1. The van der Waals surface area contributed by atoms with Crippen molar-refractivity contribution in [1.29, 1.82) is 0 Å². The molecule has 0 saturated carbocycles. The molecule has 0 aliphatic rings. The van der Waals surface area contributed by atoms with Gasteiger partial charge in [0.25, 0.3) is 0 Å². The van der Waals surface area contributed by atoms with Crippen molar-refractivity contribution in [1.82, 2.24) is 0 Å². The summed E-state index contributed by atoms with van der Waals surface area (Å²) < 4.78 is 43.9. The van der Waals surface area contributed by atoms with Crippen LogP contribution < -0.4 is 4.74 Å². The second-order valence-electron chi connectivity index (χ2n) is 4.11. The van der Waals surface area contributed by atoms with Crippen LogP contribution >= 0.6 is 35.0 Å². The third-order valence-corrected chi connectivity index (χ3v) is 3.87. The molecular formula is C14H11Cl2F3O3S. The maximum absolute atomic E-state index is 12.9. The first-order valence-corrected chi connectivity index (χ1v) is 8.00. The Kier molecular flexibility index (Phi) is 7.31. The number of allylic oxidation sites excluding steroid dienone is 2. The summed E-state index contributed by atoms with van der Waals surface area (Å²) in [7, 11) is 0. The van der Waals surface area contributed by atoms with Gasteiger partial charge in [-0.1, -0.05) is 23.2 Å². The third-order valence-electron chi connectivity index (χ3n) is 2.55. The van der Waals surface area contributed by atoms with E-state index in [0.29, 0.717) is 4.36 Å². The molecule has 0 radical (unpaired) electrons. The lowest BCUT2D eigenvalue weighted by molar-refractivity contribution is -0.140. The van der Waals surface area contributed by atoms with Crippen molar-refractivity contribution in [2.24, 2.45) is 0 Å². The van der Waals surface area contributed by atoms with Crippen LogP contribution in [-0.2, 0) is 11.0 Å². The highest BCUT2D eigenvalue weighted by atomic mass is 35.5. The number of alkyl halides is 3. The van der Waals surface area contributed by atoms with E-state index in [1.807, 2.05) is 0 Å². The summed E-state index contributed by atoms with van der Waals surface area (Å²) in [5.41, 5.74) is 0.280. The van der Waals surface area contributed by atoms with Gasteiger partial charge in [0.05, 0.1) is 9.93 Å². The van der Waals surface area contributed by atoms with E-state index in [9.17, 15) is 18.0 Å². The monoisotopic (exact) mass is 386 g/mol. The molecule has 1 aromatic rings. The smallest absolute Gasteiger partial charge is 0.416 e. The van der Waals surface area contributed by atoms with Crippen molar-refractivity contribution >= 4 is 46.5 Å². The SMILES string of the molecule is CS/C(Cl)=C\C(=C\Cl)c1cc(C(F)(F)F)ccc1OCC(=O)O. The topological polar surface area (TPSA) is 46.5 Å². The van der Waals surface area contributed by atoms with Crippen LogP contribution in [0.25, 0.3) is 5.57 Å². The number of benzene rings is 1. The summed E-state index contributed by atoms with van der Waals surface area (Å²) in [6, 6.07) is 2.67. The standard InChI is InChI=1S/C14H11Cl2F3O3S/c1-23-12(16)4-8(6-15)10-5-9(14(17,18)19)2-3-11(10)22-7-13(20)21/h2-6H,7H2,1H3,(H,20,21)/b8-6-,12-4-. The molecular weight excluding hydrogens is 376 g/mol. The number of carbonyl (C=O) groups is 1. The first-order valence-electron chi connectivity index (χ1n) is 5.96. The van der Waals surface area contributed by atoms with Crippen LogP contribution in [0.5, 0.6) is 5.75 Å². The number of halogens is 5. The van der Waals surface area contributed by atoms with Crippen LogP contribution in [0.4, 0.5) is 13.2 Å². The van der Waals surface area contributed by atoms with Crippen molar-refractivity contribution in [3.05, 3.63) is 45.3 Å². The molecule has 3 nitrogen and oxygen atoms in total. The predicted octanol–water partition coefficient (Wildman–Crippen LogP) is 5.19. The lowest BCUT2D eigenvalue weighted by Gasteiger charge is -2.14. The summed E-state index contributed by atoms with van der Waals surface area (Å²) in [6.07, 6.45) is -1.52. The van der Waals surface area contributed by atoms with Crippen LogP contribution in [0.3, 0.4) is 0 Å². The van der Waals surface area contributed by atoms with Gasteiger partial charge in [0.15, 0.2) is 6.61 Å². The minimum atomic E-state index is -4.56. The van der Waals surface area contributed by atoms with Gasteiger partial charge >= 0.3 is 12.1 Å². The van der Waals surface area contributed by atoms with Crippen molar-refractivity contribution in [2.45, 2.75) is 6.18 Å². The van der Waals surface area contributed by atoms with Gasteiger partial charge in [-0.25, -0.2) is 4.79 Å². The molecule has 0 aliphatic heterocycles. The molecule has 23 heavy (non-hydrogen) atoms. The zero-order valence-electron chi connectivity index (χ0n) is 11.7. The van der Waals surface area contributed by atoms with E-state index in [4.69, 9.17) is 33.0 Å². The van der Waals surface area contributed by atoms with Gasteiger partial charge < -0.3 is 9.84 Å². The van der Waals surface area contributed by atoms with Gasteiger partial charge in [0, 0.05) is 11.1 Å². The summed E-state index contributed by atoms with van der Waals surface area (Å²) >= 11 is 12.7. The Balaban J connectivity index is 3.40. The fourth-order valence-electron chi connectivity index (χ4n) is 1.55. The Hall–Kier alpha value is -1.31. The van der Waals surface area contributed by atoms with Crippen LogP contribution in [0.2, 0.25) is 0 Å². The van der Waals surface area contributed by atoms with Gasteiger partial charge in [-0.3, -0.25) is 0 Å². The molecule has 1 aromatic carbocycles. The normalized spacial score (nSPS) is 13.1. The Morgan fingerprint density at radius 3 is 2.57 bits per heavy atom. The van der Waals surface area contributed by atoms with Gasteiger partial charge in [-0.05, 0) is 36.1 Å². The number of hydrogen-bond acceptors (Lipinski definition) is 3. The molecule has 9 heteroatoms. The lowest BCUT2D eigenvalue weighted by atomic mass is 10.0. The summed E-state index contributed by atoms with van der Waals surface area (Å²) in [5.74, 6) is -1.31. The van der Waals surface area contributed by atoms with Gasteiger partial charge in [0.2, 0.25) is 0 Å². The Labute approximate surface area is 144 Å². The molecule has 0 fully saturated rings. The van der Waals surface area contributed by atoms with Crippen molar-refractivity contribution < 1.29 is 27.8 Å². The van der Waals surface area contributed by atoms with Crippen molar-refractivity contribution in [3.8, 4) is 5.75 Å². The second-order valence-corrected chi connectivity index (χ2v) is 5.81. The average molecular weight is 387 g/mol. The fraction of sp³-hybridized carbons (Fsp3) is 0.214. The number of thioether (sulfide) groups is 1. The van der Waals surface area contributed by atoms with E-state index < -0.39 is 24.3 Å². The number of aliphatic carboxylic acids is 1. The average Bonchev–Trinajstić information content (AvgIpc) is 2.49. The van der Waals surface area contributed by atoms with E-state index in [-0.39, 0.29) is 16.9 Å². The maximum Gasteiger partial charge on any atom is 0.416 e. The molecule has 0 unspecified atom stereocenters. The Morgan fingerprint density at radius 2 is 2.09 bits per heavy atom. The van der Waals surface area contributed by atoms with Gasteiger partial charge in [-0.2, -0.15) is 13.2 Å². The molecule has 1 rings (SSSR count). The van der Waals surface area contributed by atoms with Gasteiger partial charge in [0.1, 0.15) is 5.75 Å². The van der Waals surface area contributed by atoms with Crippen molar-refractivity contribution in [3.63, 3.8) is 0 Å². The lowest BCUT2D eigenvalue weighted by Crippen LogP contribution is -2.11. The first kappa shape index (κ1) is 19.7. The van der Waals surface area contributed by atoms with E-state index in [1.54, 1.807) is 6.26 Å². The predicted molar refractivity (Wildman–Crippen MR) is 85.9 cm³/mol. The highest BCUT2D eigenvalue weighted by molar-refractivity contribution is 8.03. The Morgan fingerprint density at radius 1 is 1.43 bits per heavy atom. The molecule has 0 saturated heterocycles. The van der Waals surface area contributed by atoms with Crippen molar-refractivity contribution in [2.75, 3.05) is 12.9 Å². The van der Waals surface area contributed by atoms with Crippen LogP contribution in [0.15, 0.2) is 34.2 Å². The van der Waals surface area contributed by atoms with Crippen LogP contribution in [0, 0.1) is 0 Å². The van der Waals surface area contributed by atoms with E-state index in [1.165, 1.54) is 17.8 Å². The quantitative estimate of drug-likeness (QED) is 0.683. The highest BCUT2D eigenvalue weighted by Crippen LogP contribution is 2.37. The largest absolute Gasteiger partial charge is 0.481 e. The minimum absolute atomic E-state index is 0.0109. The number of rotatable bonds is 6. The Bertz CT molecular complexity index is 643. The number of hydrogen-bond donors (Lipinski definition) is 1. The fourth-order valence-corrected chi connectivity index (χ4v) is 2.09. The van der Waals surface area contributed by atoms with Gasteiger partial charge in [-0.15, -0.1) is 11.8 Å². The zero-order valence-corrected chi connectivity index (χ0v) is 14.0. The molecule has 0 aromatic heterocycles. The molecule has 0 spiro atoms. The molecule has 0 bridgehead atoms. The maximum atomic E-state index is 12.9. The number of carboxylic acid groups (broad SMARTS) is 1. The second kappa shape index (κ2) is 8.52. The van der Waals surface area contributed by atoms with E-state index >= 15 is 0 Å². The minimum Gasteiger partial charge on any atom is -0.481 e. The molecule has 0 aliphatic carbocycles. The molecule has 0 atom stereocenters. The molecule has 1 N–H and O–H groups in total. The summed E-state index contributed by atoms with van der Waals surface area (Å²) in [6.45, 7) is -0.700. The number of ether oxygens (including phenoxy) is 1. The summed E-state index contributed by atoms with van der Waals surface area (Å²) in [4.78, 5) is 10.6. The van der Waals surface area contributed by atoms with E-state index in [2.05, 4.69) is 0 Å². The zero-order chi connectivity index (χ0) is 17.6.